The van der Waals surface area contributed by atoms with Gasteiger partial charge in [0.25, 0.3) is 5.91 Å². The molecular formula is C17H16N2O. The van der Waals surface area contributed by atoms with E-state index in [0.29, 0.717) is 24.2 Å². The molecule has 2 rings (SSSR count). The summed E-state index contributed by atoms with van der Waals surface area (Å²) in [5.41, 5.74) is 8.58. The van der Waals surface area contributed by atoms with Crippen LogP contribution < -0.4 is 11.1 Å². The van der Waals surface area contributed by atoms with E-state index in [9.17, 15) is 4.79 Å². The van der Waals surface area contributed by atoms with E-state index >= 15 is 0 Å². The molecule has 100 valence electrons. The molecule has 1 amide bonds. The summed E-state index contributed by atoms with van der Waals surface area (Å²) in [4.78, 5) is 12.3. The van der Waals surface area contributed by atoms with Gasteiger partial charge in [-0.1, -0.05) is 30.2 Å². The van der Waals surface area contributed by atoms with Crippen LogP contribution in [0.15, 0.2) is 48.5 Å². The van der Waals surface area contributed by atoms with E-state index in [4.69, 9.17) is 12.2 Å². The molecule has 2 aromatic carbocycles. The number of anilines is 1. The lowest BCUT2D eigenvalue weighted by atomic mass is 10.0. The zero-order valence-electron chi connectivity index (χ0n) is 11.1. The minimum atomic E-state index is -0.150. The Balaban J connectivity index is 2.22. The third-order valence-electron chi connectivity index (χ3n) is 2.96. The third kappa shape index (κ3) is 3.25. The zero-order chi connectivity index (χ0) is 14.4. The van der Waals surface area contributed by atoms with Gasteiger partial charge in [-0.3, -0.25) is 4.79 Å². The predicted octanol–water partition coefficient (Wildman–Crippen LogP) is 2.42. The van der Waals surface area contributed by atoms with E-state index < -0.39 is 0 Å². The Hall–Kier alpha value is -2.57. The molecule has 0 saturated carbocycles. The molecule has 0 heterocycles. The van der Waals surface area contributed by atoms with Gasteiger partial charge in [0.1, 0.15) is 0 Å². The summed E-state index contributed by atoms with van der Waals surface area (Å²) in [7, 11) is 0. The van der Waals surface area contributed by atoms with E-state index in [1.165, 1.54) is 0 Å². The Bertz CT molecular complexity index is 656. The molecule has 0 spiro atoms. The van der Waals surface area contributed by atoms with Crippen LogP contribution in [0.2, 0.25) is 0 Å². The second-order valence-electron chi connectivity index (χ2n) is 4.38. The summed E-state index contributed by atoms with van der Waals surface area (Å²) in [6, 6.07) is 14.7. The SMILES string of the molecule is C#Cc1cccc(NC(=O)c2ccccc2CCN)c1. The quantitative estimate of drug-likeness (QED) is 0.833. The van der Waals surface area contributed by atoms with Gasteiger partial charge in [0, 0.05) is 16.8 Å². The number of rotatable bonds is 4. The van der Waals surface area contributed by atoms with Crippen molar-refractivity contribution in [2.45, 2.75) is 6.42 Å². The van der Waals surface area contributed by atoms with Crippen molar-refractivity contribution in [3.05, 3.63) is 65.2 Å². The van der Waals surface area contributed by atoms with Crippen LogP contribution in [0.1, 0.15) is 21.5 Å². The number of carbonyl (C=O) groups is 1. The number of hydrogen-bond donors (Lipinski definition) is 2. The van der Waals surface area contributed by atoms with Crippen molar-refractivity contribution in [2.75, 3.05) is 11.9 Å². The highest BCUT2D eigenvalue weighted by atomic mass is 16.1. The van der Waals surface area contributed by atoms with Crippen LogP contribution in [0, 0.1) is 12.3 Å². The maximum Gasteiger partial charge on any atom is 0.255 e. The molecule has 0 atom stereocenters. The molecule has 0 radical (unpaired) electrons. The molecule has 0 fully saturated rings. The molecule has 0 saturated heterocycles. The smallest absolute Gasteiger partial charge is 0.255 e. The van der Waals surface area contributed by atoms with Crippen LogP contribution >= 0.6 is 0 Å². The molecule has 3 N–H and O–H groups in total. The molecule has 0 aliphatic heterocycles. The van der Waals surface area contributed by atoms with E-state index in [1.54, 1.807) is 12.1 Å². The van der Waals surface area contributed by atoms with Gasteiger partial charge in [0.15, 0.2) is 0 Å². The average molecular weight is 264 g/mol. The molecule has 2 aromatic rings. The minimum absolute atomic E-state index is 0.150. The Kier molecular flexibility index (Phi) is 4.54. The second-order valence-corrected chi connectivity index (χ2v) is 4.38. The maximum absolute atomic E-state index is 12.3. The second kappa shape index (κ2) is 6.55. The van der Waals surface area contributed by atoms with E-state index in [1.807, 2.05) is 36.4 Å². The first-order valence-electron chi connectivity index (χ1n) is 6.40. The van der Waals surface area contributed by atoms with Crippen molar-refractivity contribution >= 4 is 11.6 Å². The summed E-state index contributed by atoms with van der Waals surface area (Å²) in [5.74, 6) is 2.39. The molecular weight excluding hydrogens is 248 g/mol. The van der Waals surface area contributed by atoms with Gasteiger partial charge in [0.2, 0.25) is 0 Å². The first-order valence-corrected chi connectivity index (χ1v) is 6.40. The van der Waals surface area contributed by atoms with Crippen LogP contribution in [0.25, 0.3) is 0 Å². The number of terminal acetylenes is 1. The van der Waals surface area contributed by atoms with Gasteiger partial charge in [0.05, 0.1) is 0 Å². The van der Waals surface area contributed by atoms with Crippen molar-refractivity contribution < 1.29 is 4.79 Å². The number of benzene rings is 2. The van der Waals surface area contributed by atoms with Gasteiger partial charge < -0.3 is 11.1 Å². The molecule has 20 heavy (non-hydrogen) atoms. The lowest BCUT2D eigenvalue weighted by Crippen LogP contribution is -2.15. The molecule has 0 aromatic heterocycles. The summed E-state index contributed by atoms with van der Waals surface area (Å²) in [6.07, 6.45) is 6.02. The fourth-order valence-corrected chi connectivity index (χ4v) is 2.00. The van der Waals surface area contributed by atoms with Crippen molar-refractivity contribution in [2.24, 2.45) is 5.73 Å². The average Bonchev–Trinajstić information content (AvgIpc) is 2.48. The minimum Gasteiger partial charge on any atom is -0.330 e. The molecule has 3 nitrogen and oxygen atoms in total. The standard InChI is InChI=1S/C17H16N2O/c1-2-13-6-5-8-15(12-13)19-17(20)16-9-4-3-7-14(16)10-11-18/h1,3-9,12H,10-11,18H2,(H,19,20). The number of carbonyl (C=O) groups excluding carboxylic acids is 1. The predicted molar refractivity (Wildman–Crippen MR) is 81.5 cm³/mol. The summed E-state index contributed by atoms with van der Waals surface area (Å²) in [5, 5.41) is 2.86. The lowest BCUT2D eigenvalue weighted by molar-refractivity contribution is 0.102. The fraction of sp³-hybridized carbons (Fsp3) is 0.118. The van der Waals surface area contributed by atoms with Crippen molar-refractivity contribution in [3.63, 3.8) is 0 Å². The highest BCUT2D eigenvalue weighted by Crippen LogP contribution is 2.14. The van der Waals surface area contributed by atoms with E-state index in [2.05, 4.69) is 11.2 Å². The van der Waals surface area contributed by atoms with Crippen LogP contribution in [0.5, 0.6) is 0 Å². The third-order valence-corrected chi connectivity index (χ3v) is 2.96. The topological polar surface area (TPSA) is 55.1 Å². The summed E-state index contributed by atoms with van der Waals surface area (Å²) < 4.78 is 0. The Morgan fingerprint density at radius 1 is 1.20 bits per heavy atom. The highest BCUT2D eigenvalue weighted by molar-refractivity contribution is 6.05. The van der Waals surface area contributed by atoms with Gasteiger partial charge in [-0.05, 0) is 42.8 Å². The zero-order valence-corrected chi connectivity index (χ0v) is 11.1. The normalized spacial score (nSPS) is 9.80. The molecule has 0 aliphatic rings. The largest absolute Gasteiger partial charge is 0.330 e. The van der Waals surface area contributed by atoms with Gasteiger partial charge in [-0.25, -0.2) is 0 Å². The van der Waals surface area contributed by atoms with Crippen molar-refractivity contribution in [1.29, 1.82) is 0 Å². The molecule has 0 aliphatic carbocycles. The molecule has 0 bridgehead atoms. The monoisotopic (exact) mass is 264 g/mol. The number of hydrogen-bond acceptors (Lipinski definition) is 2. The number of nitrogens with two attached hydrogens (primary N) is 1. The highest BCUT2D eigenvalue weighted by Gasteiger charge is 2.10. The summed E-state index contributed by atoms with van der Waals surface area (Å²) in [6.45, 7) is 0.511. The Morgan fingerprint density at radius 3 is 2.75 bits per heavy atom. The van der Waals surface area contributed by atoms with Crippen LogP contribution in [-0.2, 0) is 6.42 Å². The van der Waals surface area contributed by atoms with Crippen molar-refractivity contribution in [1.82, 2.24) is 0 Å². The van der Waals surface area contributed by atoms with Crippen LogP contribution in [-0.4, -0.2) is 12.5 Å². The van der Waals surface area contributed by atoms with E-state index in [0.717, 1.165) is 11.1 Å². The van der Waals surface area contributed by atoms with Gasteiger partial charge >= 0.3 is 0 Å². The Morgan fingerprint density at radius 2 is 2.00 bits per heavy atom. The summed E-state index contributed by atoms with van der Waals surface area (Å²) >= 11 is 0. The first-order chi connectivity index (χ1) is 9.74. The number of amides is 1. The number of nitrogens with one attached hydrogen (secondary N) is 1. The van der Waals surface area contributed by atoms with Crippen LogP contribution in [0.3, 0.4) is 0 Å². The van der Waals surface area contributed by atoms with Crippen LogP contribution in [0.4, 0.5) is 5.69 Å². The molecule has 3 heteroatoms. The fourth-order valence-electron chi connectivity index (χ4n) is 2.00. The molecule has 0 unspecified atom stereocenters. The van der Waals surface area contributed by atoms with E-state index in [-0.39, 0.29) is 5.91 Å². The van der Waals surface area contributed by atoms with Crippen molar-refractivity contribution in [3.8, 4) is 12.3 Å². The first kappa shape index (κ1) is 13.9. The lowest BCUT2D eigenvalue weighted by Gasteiger charge is -2.09. The van der Waals surface area contributed by atoms with Gasteiger partial charge in [-0.15, -0.1) is 6.42 Å². The maximum atomic E-state index is 12.3. The van der Waals surface area contributed by atoms with Gasteiger partial charge in [-0.2, -0.15) is 0 Å². The Labute approximate surface area is 118 Å².